The number of hydrogen-bond donors (Lipinski definition) is 2. The predicted octanol–water partition coefficient (Wildman–Crippen LogP) is 1.48. The van der Waals surface area contributed by atoms with Gasteiger partial charge in [-0.15, -0.1) is 0 Å². The van der Waals surface area contributed by atoms with Crippen LogP contribution in [0.2, 0.25) is 0 Å². The zero-order valence-electron chi connectivity index (χ0n) is 9.27. The first-order valence-corrected chi connectivity index (χ1v) is 5.36. The van der Waals surface area contributed by atoms with E-state index in [2.05, 4.69) is 23.7 Å². The normalized spacial score (nSPS) is 25.9. The molecule has 15 heavy (non-hydrogen) atoms. The van der Waals surface area contributed by atoms with Crippen LogP contribution in [0.25, 0.3) is 0 Å². The summed E-state index contributed by atoms with van der Waals surface area (Å²) in [6, 6.07) is 4.31. The van der Waals surface area contributed by atoms with E-state index in [1.807, 2.05) is 12.1 Å². The van der Waals surface area contributed by atoms with Gasteiger partial charge in [0.2, 0.25) is 0 Å². The highest BCUT2D eigenvalue weighted by Crippen LogP contribution is 2.28. The third-order valence-corrected chi connectivity index (χ3v) is 3.02. The maximum Gasteiger partial charge on any atom is 0.149 e. The molecule has 0 spiro atoms. The van der Waals surface area contributed by atoms with Crippen molar-refractivity contribution in [2.45, 2.75) is 26.3 Å². The second kappa shape index (κ2) is 3.61. The number of nitrogens with two attached hydrogens (primary N) is 2. The minimum absolute atomic E-state index is 0.430. The molecule has 0 aromatic carbocycles. The number of rotatable bonds is 1. The fourth-order valence-corrected chi connectivity index (χ4v) is 2.25. The number of nitrogen functional groups attached to an aromatic ring is 2. The number of aromatic nitrogens is 1. The molecule has 2 unspecified atom stereocenters. The Morgan fingerprint density at radius 2 is 2.07 bits per heavy atom. The van der Waals surface area contributed by atoms with Crippen LogP contribution in [0.5, 0.6) is 0 Å². The van der Waals surface area contributed by atoms with Crippen molar-refractivity contribution in [1.82, 2.24) is 4.98 Å². The monoisotopic (exact) mass is 206 g/mol. The molecule has 4 N–H and O–H groups in total. The molecule has 0 bridgehead atoms. The Morgan fingerprint density at radius 3 is 2.60 bits per heavy atom. The number of anilines is 3. The molecule has 2 heterocycles. The second-order valence-electron chi connectivity index (χ2n) is 4.49. The van der Waals surface area contributed by atoms with E-state index in [-0.39, 0.29) is 0 Å². The van der Waals surface area contributed by atoms with Gasteiger partial charge in [-0.25, -0.2) is 4.98 Å². The third kappa shape index (κ3) is 1.84. The molecule has 4 heteroatoms. The first-order valence-electron chi connectivity index (χ1n) is 5.36. The highest BCUT2D eigenvalue weighted by molar-refractivity contribution is 5.62. The van der Waals surface area contributed by atoms with Gasteiger partial charge in [-0.1, -0.05) is 6.92 Å². The SMILES string of the molecule is CC1CC(C)N(c2ccc(N)c(N)n2)C1. The average molecular weight is 206 g/mol. The lowest BCUT2D eigenvalue weighted by Gasteiger charge is -2.22. The van der Waals surface area contributed by atoms with Gasteiger partial charge in [0, 0.05) is 12.6 Å². The van der Waals surface area contributed by atoms with E-state index >= 15 is 0 Å². The highest BCUT2D eigenvalue weighted by atomic mass is 15.2. The molecule has 0 saturated carbocycles. The van der Waals surface area contributed by atoms with Crippen molar-refractivity contribution in [3.8, 4) is 0 Å². The zero-order chi connectivity index (χ0) is 11.0. The zero-order valence-corrected chi connectivity index (χ0v) is 9.27. The molecule has 2 atom stereocenters. The molecule has 1 aliphatic heterocycles. The minimum Gasteiger partial charge on any atom is -0.396 e. The summed E-state index contributed by atoms with van der Waals surface area (Å²) in [4.78, 5) is 6.61. The van der Waals surface area contributed by atoms with Gasteiger partial charge in [0.25, 0.3) is 0 Å². The molecule has 0 amide bonds. The molecule has 0 aliphatic carbocycles. The Labute approximate surface area is 90.3 Å². The maximum atomic E-state index is 5.71. The summed E-state index contributed by atoms with van der Waals surface area (Å²) < 4.78 is 0. The summed E-state index contributed by atoms with van der Waals surface area (Å²) in [7, 11) is 0. The van der Waals surface area contributed by atoms with Crippen LogP contribution in [0.1, 0.15) is 20.3 Å². The summed E-state index contributed by atoms with van der Waals surface area (Å²) >= 11 is 0. The molecule has 1 saturated heterocycles. The topological polar surface area (TPSA) is 68.2 Å². The number of nitrogens with zero attached hydrogens (tertiary/aromatic N) is 2. The van der Waals surface area contributed by atoms with Crippen LogP contribution < -0.4 is 16.4 Å². The molecule has 1 aromatic rings. The predicted molar refractivity (Wildman–Crippen MR) is 63.7 cm³/mol. The van der Waals surface area contributed by atoms with Crippen molar-refractivity contribution in [2.24, 2.45) is 5.92 Å². The van der Waals surface area contributed by atoms with Gasteiger partial charge >= 0.3 is 0 Å². The van der Waals surface area contributed by atoms with Gasteiger partial charge in [-0.2, -0.15) is 0 Å². The van der Waals surface area contributed by atoms with Crippen molar-refractivity contribution in [1.29, 1.82) is 0 Å². The van der Waals surface area contributed by atoms with Crippen molar-refractivity contribution < 1.29 is 0 Å². The van der Waals surface area contributed by atoms with E-state index < -0.39 is 0 Å². The van der Waals surface area contributed by atoms with Crippen LogP contribution in [-0.2, 0) is 0 Å². The highest BCUT2D eigenvalue weighted by Gasteiger charge is 2.27. The van der Waals surface area contributed by atoms with Crippen molar-refractivity contribution in [3.63, 3.8) is 0 Å². The van der Waals surface area contributed by atoms with Crippen LogP contribution in [0.4, 0.5) is 17.3 Å². The van der Waals surface area contributed by atoms with Gasteiger partial charge in [-0.3, -0.25) is 0 Å². The van der Waals surface area contributed by atoms with Crippen molar-refractivity contribution in [3.05, 3.63) is 12.1 Å². The lowest BCUT2D eigenvalue weighted by atomic mass is 10.1. The number of pyridine rings is 1. The van der Waals surface area contributed by atoms with Gasteiger partial charge in [0.1, 0.15) is 11.6 Å². The van der Waals surface area contributed by atoms with E-state index in [1.54, 1.807) is 0 Å². The van der Waals surface area contributed by atoms with Gasteiger partial charge in [0.15, 0.2) is 0 Å². The largest absolute Gasteiger partial charge is 0.396 e. The summed E-state index contributed by atoms with van der Waals surface area (Å²) in [6.07, 6.45) is 1.21. The lowest BCUT2D eigenvalue weighted by molar-refractivity contribution is 0.625. The fourth-order valence-electron chi connectivity index (χ4n) is 2.25. The van der Waals surface area contributed by atoms with Crippen LogP contribution in [0, 0.1) is 5.92 Å². The first-order chi connectivity index (χ1) is 7.08. The molecular formula is C11H18N4. The van der Waals surface area contributed by atoms with Crippen molar-refractivity contribution >= 4 is 17.3 Å². The molecule has 4 nitrogen and oxygen atoms in total. The molecule has 2 rings (SSSR count). The molecule has 1 aliphatic rings. The van der Waals surface area contributed by atoms with E-state index in [0.29, 0.717) is 17.5 Å². The van der Waals surface area contributed by atoms with Crippen molar-refractivity contribution in [2.75, 3.05) is 22.9 Å². The van der Waals surface area contributed by atoms with Gasteiger partial charge in [-0.05, 0) is 31.4 Å². The minimum atomic E-state index is 0.430. The van der Waals surface area contributed by atoms with E-state index in [1.165, 1.54) is 6.42 Å². The Morgan fingerprint density at radius 1 is 1.33 bits per heavy atom. The molecule has 1 aromatic heterocycles. The molecule has 1 fully saturated rings. The fraction of sp³-hybridized carbons (Fsp3) is 0.545. The van der Waals surface area contributed by atoms with E-state index in [4.69, 9.17) is 11.5 Å². The molecular weight excluding hydrogens is 188 g/mol. The third-order valence-electron chi connectivity index (χ3n) is 3.02. The summed E-state index contributed by atoms with van der Waals surface area (Å²) in [5.41, 5.74) is 11.9. The quantitative estimate of drug-likeness (QED) is 0.730. The van der Waals surface area contributed by atoms with E-state index in [9.17, 15) is 0 Å². The van der Waals surface area contributed by atoms with Crippen LogP contribution in [0.15, 0.2) is 12.1 Å². The molecule has 0 radical (unpaired) electrons. The smallest absolute Gasteiger partial charge is 0.149 e. The van der Waals surface area contributed by atoms with Crippen LogP contribution in [0.3, 0.4) is 0 Å². The maximum absolute atomic E-state index is 5.71. The average Bonchev–Trinajstić information content (AvgIpc) is 2.50. The van der Waals surface area contributed by atoms with E-state index in [0.717, 1.165) is 18.3 Å². The Bertz CT molecular complexity index is 364. The Kier molecular flexibility index (Phi) is 2.42. The van der Waals surface area contributed by atoms with Gasteiger partial charge < -0.3 is 16.4 Å². The second-order valence-corrected chi connectivity index (χ2v) is 4.49. The lowest BCUT2D eigenvalue weighted by Crippen LogP contribution is -2.27. The van der Waals surface area contributed by atoms with Crippen LogP contribution >= 0.6 is 0 Å². The summed E-state index contributed by atoms with van der Waals surface area (Å²) in [5.74, 6) is 2.10. The summed E-state index contributed by atoms with van der Waals surface area (Å²) in [6.45, 7) is 5.53. The Hall–Kier alpha value is -1.45. The van der Waals surface area contributed by atoms with Gasteiger partial charge in [0.05, 0.1) is 5.69 Å². The Balaban J connectivity index is 2.26. The standard InChI is InChI=1S/C11H18N4/c1-7-5-8(2)15(6-7)10-4-3-9(12)11(13)14-10/h3-4,7-8H,5-6,12H2,1-2H3,(H2,13,14). The van der Waals surface area contributed by atoms with Crippen LogP contribution in [-0.4, -0.2) is 17.6 Å². The summed E-state index contributed by atoms with van der Waals surface area (Å²) in [5, 5.41) is 0. The molecule has 82 valence electrons. The first kappa shape index (κ1) is 10.1. The number of hydrogen-bond acceptors (Lipinski definition) is 4.